The van der Waals surface area contributed by atoms with E-state index in [1.54, 1.807) is 16.1 Å². The van der Waals surface area contributed by atoms with Crippen LogP contribution in [0.25, 0.3) is 0 Å². The van der Waals surface area contributed by atoms with Crippen molar-refractivity contribution in [2.75, 3.05) is 13.1 Å². The molecule has 180 valence electrons. The summed E-state index contributed by atoms with van der Waals surface area (Å²) >= 11 is 0. The molecule has 0 bridgehead atoms. The Kier molecular flexibility index (Phi) is 8.32. The van der Waals surface area contributed by atoms with E-state index in [9.17, 15) is 9.59 Å². The van der Waals surface area contributed by atoms with Crippen LogP contribution in [0.3, 0.4) is 0 Å². The minimum atomic E-state index is -0.125. The van der Waals surface area contributed by atoms with Crippen LogP contribution in [-0.4, -0.2) is 34.7 Å². The van der Waals surface area contributed by atoms with Gasteiger partial charge in [-0.15, -0.1) is 0 Å². The molecule has 0 unspecified atom stereocenters. The largest absolute Gasteiger partial charge is 0.467 e. The predicted octanol–water partition coefficient (Wildman–Crippen LogP) is 5.90. The van der Waals surface area contributed by atoms with E-state index in [1.165, 1.54) is 5.56 Å². The van der Waals surface area contributed by atoms with Crippen molar-refractivity contribution in [3.8, 4) is 0 Å². The second kappa shape index (κ2) is 11.2. The van der Waals surface area contributed by atoms with Gasteiger partial charge in [-0.25, -0.2) is 0 Å². The van der Waals surface area contributed by atoms with Gasteiger partial charge in [-0.1, -0.05) is 77.1 Å². The van der Waals surface area contributed by atoms with Crippen molar-refractivity contribution in [1.82, 2.24) is 9.80 Å². The van der Waals surface area contributed by atoms with Crippen molar-refractivity contribution in [3.05, 3.63) is 95.4 Å². The zero-order valence-electron chi connectivity index (χ0n) is 21.0. The van der Waals surface area contributed by atoms with E-state index < -0.39 is 0 Å². The summed E-state index contributed by atoms with van der Waals surface area (Å²) in [6.07, 6.45) is 1.61. The van der Waals surface area contributed by atoms with E-state index in [1.807, 2.05) is 66.7 Å². The molecular formula is C29H36N2O3. The first kappa shape index (κ1) is 25.3. The van der Waals surface area contributed by atoms with Crippen LogP contribution in [0.5, 0.6) is 0 Å². The Morgan fingerprint density at radius 3 is 2.09 bits per heavy atom. The van der Waals surface area contributed by atoms with E-state index in [0.29, 0.717) is 31.0 Å². The molecule has 0 radical (unpaired) electrons. The first-order valence-corrected chi connectivity index (χ1v) is 11.9. The Balaban J connectivity index is 1.80. The summed E-state index contributed by atoms with van der Waals surface area (Å²) in [4.78, 5) is 30.3. The van der Waals surface area contributed by atoms with Gasteiger partial charge in [0.25, 0.3) is 5.91 Å². The van der Waals surface area contributed by atoms with Crippen molar-refractivity contribution in [1.29, 1.82) is 0 Å². The zero-order valence-corrected chi connectivity index (χ0v) is 21.0. The van der Waals surface area contributed by atoms with Gasteiger partial charge in [-0.2, -0.15) is 0 Å². The number of furan rings is 1. The fourth-order valence-corrected chi connectivity index (χ4v) is 3.85. The minimum absolute atomic E-state index is 0.0129. The molecule has 0 aliphatic rings. The number of hydrogen-bond acceptors (Lipinski definition) is 3. The molecule has 0 saturated heterocycles. The van der Waals surface area contributed by atoms with Crippen molar-refractivity contribution < 1.29 is 14.0 Å². The summed E-state index contributed by atoms with van der Waals surface area (Å²) in [6, 6.07) is 21.3. The van der Waals surface area contributed by atoms with Gasteiger partial charge in [0, 0.05) is 18.7 Å². The van der Waals surface area contributed by atoms with Crippen molar-refractivity contribution in [3.63, 3.8) is 0 Å². The topological polar surface area (TPSA) is 53.8 Å². The molecule has 2 aromatic carbocycles. The third kappa shape index (κ3) is 7.08. The number of carbonyl (C=O) groups excluding carboxylic acids is 2. The standard InChI is InChI=1S/C29H36N2O3/c1-22(2)18-31(28(33)24-13-15-25(16-14-24)29(3,4)5)21-27(32)30(20-26-12-9-17-34-26)19-23-10-7-6-8-11-23/h6-17,22H,18-21H2,1-5H3. The molecule has 2 amide bonds. The Bertz CT molecular complexity index is 1050. The third-order valence-corrected chi connectivity index (χ3v) is 5.69. The maximum Gasteiger partial charge on any atom is 0.254 e. The molecule has 5 nitrogen and oxygen atoms in total. The molecule has 0 aliphatic carbocycles. The maximum absolute atomic E-state index is 13.5. The lowest BCUT2D eigenvalue weighted by Gasteiger charge is -2.29. The Morgan fingerprint density at radius 1 is 0.853 bits per heavy atom. The van der Waals surface area contributed by atoms with Crippen molar-refractivity contribution >= 4 is 11.8 Å². The molecule has 0 spiro atoms. The van der Waals surface area contributed by atoms with Gasteiger partial charge in [0.2, 0.25) is 5.91 Å². The third-order valence-electron chi connectivity index (χ3n) is 5.69. The predicted molar refractivity (Wildman–Crippen MR) is 135 cm³/mol. The summed E-state index contributed by atoms with van der Waals surface area (Å²) in [7, 11) is 0. The number of rotatable bonds is 9. The highest BCUT2D eigenvalue weighted by molar-refractivity contribution is 5.96. The molecule has 1 aromatic heterocycles. The molecule has 0 saturated carbocycles. The van der Waals surface area contributed by atoms with Gasteiger partial charge in [0.15, 0.2) is 0 Å². The smallest absolute Gasteiger partial charge is 0.254 e. The second-order valence-electron chi connectivity index (χ2n) is 10.2. The highest BCUT2D eigenvalue weighted by Gasteiger charge is 2.24. The molecule has 3 rings (SSSR count). The number of amides is 2. The SMILES string of the molecule is CC(C)CN(CC(=O)N(Cc1ccccc1)Cc1ccco1)C(=O)c1ccc(C(C)(C)C)cc1. The summed E-state index contributed by atoms with van der Waals surface area (Å²) in [5, 5.41) is 0. The highest BCUT2D eigenvalue weighted by Crippen LogP contribution is 2.23. The monoisotopic (exact) mass is 460 g/mol. The van der Waals surface area contributed by atoms with Crippen LogP contribution in [0.4, 0.5) is 0 Å². The lowest BCUT2D eigenvalue weighted by molar-refractivity contribution is -0.133. The Hall–Kier alpha value is -3.34. The van der Waals surface area contributed by atoms with E-state index in [2.05, 4.69) is 34.6 Å². The lowest BCUT2D eigenvalue weighted by Crippen LogP contribution is -2.43. The van der Waals surface area contributed by atoms with E-state index in [-0.39, 0.29) is 29.7 Å². The average Bonchev–Trinajstić information content (AvgIpc) is 3.31. The Morgan fingerprint density at radius 2 is 1.53 bits per heavy atom. The van der Waals surface area contributed by atoms with Gasteiger partial charge < -0.3 is 14.2 Å². The summed E-state index contributed by atoms with van der Waals surface area (Å²) in [6.45, 7) is 11.9. The first-order chi connectivity index (χ1) is 16.1. The fraction of sp³-hybridized carbons (Fsp3) is 0.379. The summed E-state index contributed by atoms with van der Waals surface area (Å²) in [5.41, 5.74) is 2.81. The van der Waals surface area contributed by atoms with Crippen LogP contribution in [0.15, 0.2) is 77.4 Å². The summed E-state index contributed by atoms with van der Waals surface area (Å²) < 4.78 is 5.50. The van der Waals surface area contributed by atoms with Crippen molar-refractivity contribution in [2.24, 2.45) is 5.92 Å². The van der Waals surface area contributed by atoms with Crippen LogP contribution >= 0.6 is 0 Å². The van der Waals surface area contributed by atoms with E-state index in [4.69, 9.17) is 4.42 Å². The van der Waals surface area contributed by atoms with Crippen molar-refractivity contribution in [2.45, 2.75) is 53.1 Å². The van der Waals surface area contributed by atoms with Crippen LogP contribution in [0.2, 0.25) is 0 Å². The lowest BCUT2D eigenvalue weighted by atomic mass is 9.86. The molecule has 1 heterocycles. The molecule has 0 N–H and O–H groups in total. The van der Waals surface area contributed by atoms with Crippen LogP contribution in [0.1, 0.15) is 61.9 Å². The van der Waals surface area contributed by atoms with Crippen LogP contribution in [0, 0.1) is 5.92 Å². The van der Waals surface area contributed by atoms with Crippen LogP contribution < -0.4 is 0 Å². The molecule has 5 heteroatoms. The highest BCUT2D eigenvalue weighted by atomic mass is 16.3. The van der Waals surface area contributed by atoms with E-state index in [0.717, 1.165) is 5.56 Å². The first-order valence-electron chi connectivity index (χ1n) is 11.9. The van der Waals surface area contributed by atoms with Gasteiger partial charge >= 0.3 is 0 Å². The van der Waals surface area contributed by atoms with Gasteiger partial charge in [-0.05, 0) is 46.7 Å². The molecule has 34 heavy (non-hydrogen) atoms. The van der Waals surface area contributed by atoms with Crippen LogP contribution in [-0.2, 0) is 23.3 Å². The molecular weight excluding hydrogens is 424 g/mol. The number of carbonyl (C=O) groups is 2. The molecule has 0 aliphatic heterocycles. The zero-order chi connectivity index (χ0) is 24.7. The number of nitrogens with zero attached hydrogens (tertiary/aromatic N) is 2. The number of hydrogen-bond donors (Lipinski definition) is 0. The average molecular weight is 461 g/mol. The normalized spacial score (nSPS) is 11.5. The van der Waals surface area contributed by atoms with E-state index >= 15 is 0 Å². The van der Waals surface area contributed by atoms with Gasteiger partial charge in [0.05, 0.1) is 12.8 Å². The minimum Gasteiger partial charge on any atom is -0.467 e. The number of benzene rings is 2. The second-order valence-corrected chi connectivity index (χ2v) is 10.2. The quantitative estimate of drug-likeness (QED) is 0.399. The maximum atomic E-state index is 13.5. The fourth-order valence-electron chi connectivity index (χ4n) is 3.85. The molecule has 3 aromatic rings. The van der Waals surface area contributed by atoms with Gasteiger partial charge in [0.1, 0.15) is 12.3 Å². The Labute approximate surface area is 203 Å². The molecule has 0 fully saturated rings. The molecule has 0 atom stereocenters. The van der Waals surface area contributed by atoms with Gasteiger partial charge in [-0.3, -0.25) is 9.59 Å². The summed E-state index contributed by atoms with van der Waals surface area (Å²) in [5.74, 6) is 0.711.